The Morgan fingerprint density at radius 2 is 2.11 bits per heavy atom. The van der Waals surface area contributed by atoms with Gasteiger partial charge in [-0.25, -0.2) is 0 Å². The summed E-state index contributed by atoms with van der Waals surface area (Å²) in [6.45, 7) is 5.60. The minimum Gasteiger partial charge on any atom is -0.493 e. The summed E-state index contributed by atoms with van der Waals surface area (Å²) < 4.78 is 11.1. The van der Waals surface area contributed by atoms with Crippen LogP contribution < -0.4 is 14.8 Å². The van der Waals surface area contributed by atoms with Crippen LogP contribution in [0.2, 0.25) is 0 Å². The predicted octanol–water partition coefficient (Wildman–Crippen LogP) is 2.34. The number of hydrogen-bond donors (Lipinski definition) is 2. The first-order chi connectivity index (χ1) is 9.26. The van der Waals surface area contributed by atoms with Gasteiger partial charge in [0.1, 0.15) is 0 Å². The van der Waals surface area contributed by atoms with Crippen molar-refractivity contribution < 1.29 is 14.6 Å². The second kappa shape index (κ2) is 8.77. The van der Waals surface area contributed by atoms with E-state index in [1.54, 1.807) is 7.11 Å². The van der Waals surface area contributed by atoms with Crippen molar-refractivity contribution in [3.63, 3.8) is 0 Å². The van der Waals surface area contributed by atoms with Gasteiger partial charge in [0, 0.05) is 18.2 Å². The molecule has 4 heteroatoms. The summed E-state index contributed by atoms with van der Waals surface area (Å²) in [5.41, 5.74) is 1.06. The predicted molar refractivity (Wildman–Crippen MR) is 76.8 cm³/mol. The summed E-state index contributed by atoms with van der Waals surface area (Å²) in [4.78, 5) is 0. The van der Waals surface area contributed by atoms with E-state index in [-0.39, 0.29) is 12.6 Å². The third kappa shape index (κ3) is 4.73. The Kier molecular flexibility index (Phi) is 7.30. The Hall–Kier alpha value is -1.26. The molecule has 0 aliphatic carbocycles. The summed E-state index contributed by atoms with van der Waals surface area (Å²) in [7, 11) is 1.65. The second-order valence-corrected chi connectivity index (χ2v) is 4.47. The van der Waals surface area contributed by atoms with E-state index >= 15 is 0 Å². The molecule has 0 heterocycles. The molecule has 0 aliphatic rings. The van der Waals surface area contributed by atoms with Gasteiger partial charge in [-0.05, 0) is 18.9 Å². The Morgan fingerprint density at radius 3 is 2.68 bits per heavy atom. The molecule has 19 heavy (non-hydrogen) atoms. The van der Waals surface area contributed by atoms with E-state index in [2.05, 4.69) is 12.2 Å². The molecule has 0 bridgehead atoms. The molecule has 0 aliphatic heterocycles. The quantitative estimate of drug-likeness (QED) is 0.721. The molecule has 1 rings (SSSR count). The number of benzene rings is 1. The number of para-hydroxylation sites is 1. The average Bonchev–Trinajstić information content (AvgIpc) is 2.46. The number of aliphatic hydroxyl groups excluding tert-OH is 1. The zero-order chi connectivity index (χ0) is 14.1. The van der Waals surface area contributed by atoms with Crippen molar-refractivity contribution in [2.45, 2.75) is 39.3 Å². The Bertz CT molecular complexity index is 364. The van der Waals surface area contributed by atoms with Gasteiger partial charge >= 0.3 is 0 Å². The average molecular weight is 267 g/mol. The van der Waals surface area contributed by atoms with Crippen molar-refractivity contribution in [3.05, 3.63) is 23.8 Å². The molecular formula is C15H25NO3. The van der Waals surface area contributed by atoms with Gasteiger partial charge in [-0.2, -0.15) is 0 Å². The maximum atomic E-state index is 9.20. The van der Waals surface area contributed by atoms with Crippen LogP contribution in [0.1, 0.15) is 32.3 Å². The molecule has 1 atom stereocenters. The summed E-state index contributed by atoms with van der Waals surface area (Å²) >= 11 is 0. The third-order valence-corrected chi connectivity index (χ3v) is 3.03. The zero-order valence-electron chi connectivity index (χ0n) is 12.1. The highest BCUT2D eigenvalue weighted by Crippen LogP contribution is 2.31. The summed E-state index contributed by atoms with van der Waals surface area (Å²) in [5.74, 6) is 1.55. The first-order valence-corrected chi connectivity index (χ1v) is 6.89. The van der Waals surface area contributed by atoms with Gasteiger partial charge in [0.2, 0.25) is 0 Å². The van der Waals surface area contributed by atoms with Crippen molar-refractivity contribution >= 4 is 0 Å². The van der Waals surface area contributed by atoms with E-state index in [9.17, 15) is 5.11 Å². The second-order valence-electron chi connectivity index (χ2n) is 4.47. The first-order valence-electron chi connectivity index (χ1n) is 6.89. The van der Waals surface area contributed by atoms with Crippen LogP contribution >= 0.6 is 0 Å². The van der Waals surface area contributed by atoms with Crippen molar-refractivity contribution in [3.8, 4) is 11.5 Å². The molecule has 2 N–H and O–H groups in total. The Morgan fingerprint density at radius 1 is 1.32 bits per heavy atom. The fourth-order valence-electron chi connectivity index (χ4n) is 1.82. The highest BCUT2D eigenvalue weighted by atomic mass is 16.5. The SMILES string of the molecule is CCCOc1c(CNC(CC)CO)cccc1OC. The van der Waals surface area contributed by atoms with E-state index in [0.717, 1.165) is 29.9 Å². The van der Waals surface area contributed by atoms with E-state index in [4.69, 9.17) is 9.47 Å². The lowest BCUT2D eigenvalue weighted by Crippen LogP contribution is -2.31. The third-order valence-electron chi connectivity index (χ3n) is 3.03. The molecule has 0 saturated carbocycles. The smallest absolute Gasteiger partial charge is 0.165 e. The molecule has 1 unspecified atom stereocenters. The fourth-order valence-corrected chi connectivity index (χ4v) is 1.82. The van der Waals surface area contributed by atoms with Crippen molar-refractivity contribution in [2.75, 3.05) is 20.3 Å². The molecule has 108 valence electrons. The molecule has 0 radical (unpaired) electrons. The normalized spacial score (nSPS) is 12.2. The van der Waals surface area contributed by atoms with Crippen LogP contribution in [0.15, 0.2) is 18.2 Å². The summed E-state index contributed by atoms with van der Waals surface area (Å²) in [6, 6.07) is 5.99. The molecule has 4 nitrogen and oxygen atoms in total. The van der Waals surface area contributed by atoms with Crippen LogP contribution in [0.25, 0.3) is 0 Å². The fraction of sp³-hybridized carbons (Fsp3) is 0.600. The van der Waals surface area contributed by atoms with E-state index in [1.807, 2.05) is 25.1 Å². The van der Waals surface area contributed by atoms with Crippen LogP contribution in [0.4, 0.5) is 0 Å². The van der Waals surface area contributed by atoms with Gasteiger partial charge < -0.3 is 19.9 Å². The number of methoxy groups -OCH3 is 1. The number of nitrogens with one attached hydrogen (secondary N) is 1. The van der Waals surface area contributed by atoms with Gasteiger partial charge in [0.15, 0.2) is 11.5 Å². The number of hydrogen-bond acceptors (Lipinski definition) is 4. The van der Waals surface area contributed by atoms with Gasteiger partial charge in [-0.1, -0.05) is 26.0 Å². The van der Waals surface area contributed by atoms with E-state index < -0.39 is 0 Å². The maximum Gasteiger partial charge on any atom is 0.165 e. The number of ether oxygens (including phenoxy) is 2. The van der Waals surface area contributed by atoms with Gasteiger partial charge in [-0.15, -0.1) is 0 Å². The van der Waals surface area contributed by atoms with Crippen LogP contribution in [0, 0.1) is 0 Å². The molecule has 1 aromatic rings. The maximum absolute atomic E-state index is 9.20. The number of rotatable bonds is 9. The van der Waals surface area contributed by atoms with Crippen LogP contribution in [-0.2, 0) is 6.54 Å². The Balaban J connectivity index is 2.79. The lowest BCUT2D eigenvalue weighted by molar-refractivity contribution is 0.237. The van der Waals surface area contributed by atoms with Crippen molar-refractivity contribution in [1.29, 1.82) is 0 Å². The van der Waals surface area contributed by atoms with Crippen molar-refractivity contribution in [2.24, 2.45) is 0 Å². The molecule has 1 aromatic carbocycles. The largest absolute Gasteiger partial charge is 0.493 e. The molecule has 0 amide bonds. The lowest BCUT2D eigenvalue weighted by atomic mass is 10.1. The van der Waals surface area contributed by atoms with E-state index in [0.29, 0.717) is 13.2 Å². The van der Waals surface area contributed by atoms with Crippen LogP contribution in [0.5, 0.6) is 11.5 Å². The Labute approximate surface area is 115 Å². The topological polar surface area (TPSA) is 50.7 Å². The standard InChI is InChI=1S/C15H25NO3/c1-4-9-19-15-12(7-6-8-14(15)18-3)10-16-13(5-2)11-17/h6-8,13,16-17H,4-5,9-11H2,1-3H3. The minimum atomic E-state index is 0.116. The van der Waals surface area contributed by atoms with Gasteiger partial charge in [0.25, 0.3) is 0 Å². The van der Waals surface area contributed by atoms with Gasteiger partial charge in [0.05, 0.1) is 20.3 Å². The highest BCUT2D eigenvalue weighted by molar-refractivity contribution is 5.46. The van der Waals surface area contributed by atoms with E-state index in [1.165, 1.54) is 0 Å². The zero-order valence-corrected chi connectivity index (χ0v) is 12.1. The summed E-state index contributed by atoms with van der Waals surface area (Å²) in [6.07, 6.45) is 1.85. The van der Waals surface area contributed by atoms with Gasteiger partial charge in [-0.3, -0.25) is 0 Å². The molecule has 0 saturated heterocycles. The number of aliphatic hydroxyl groups is 1. The first kappa shape index (κ1) is 15.8. The molecule has 0 spiro atoms. The van der Waals surface area contributed by atoms with Crippen LogP contribution in [-0.4, -0.2) is 31.5 Å². The summed E-state index contributed by atoms with van der Waals surface area (Å²) in [5, 5.41) is 12.5. The molecule has 0 fully saturated rings. The highest BCUT2D eigenvalue weighted by Gasteiger charge is 2.11. The molecular weight excluding hydrogens is 242 g/mol. The molecule has 0 aromatic heterocycles. The van der Waals surface area contributed by atoms with Crippen LogP contribution in [0.3, 0.4) is 0 Å². The lowest BCUT2D eigenvalue weighted by Gasteiger charge is -2.18. The monoisotopic (exact) mass is 267 g/mol. The minimum absolute atomic E-state index is 0.116. The van der Waals surface area contributed by atoms with Crippen molar-refractivity contribution in [1.82, 2.24) is 5.32 Å².